The Kier molecular flexibility index (Phi) is 4.07. The summed E-state index contributed by atoms with van der Waals surface area (Å²) in [6.07, 6.45) is -4.81. The first-order valence-electron chi connectivity index (χ1n) is 4.99. The van der Waals surface area contributed by atoms with Crippen LogP contribution >= 0.6 is 15.9 Å². The van der Waals surface area contributed by atoms with Crippen LogP contribution in [0.3, 0.4) is 0 Å². The average Bonchev–Trinajstić information content (AvgIpc) is 2.21. The highest BCUT2D eigenvalue weighted by Crippen LogP contribution is 2.30. The van der Waals surface area contributed by atoms with Crippen LogP contribution in [0, 0.1) is 6.92 Å². The largest absolute Gasteiger partial charge is 0.415 e. The highest BCUT2D eigenvalue weighted by atomic mass is 79.9. The summed E-state index contributed by atoms with van der Waals surface area (Å²) in [7, 11) is 0. The predicted molar refractivity (Wildman–Crippen MR) is 66.2 cm³/mol. The van der Waals surface area contributed by atoms with E-state index in [0.29, 0.717) is 11.4 Å². The van der Waals surface area contributed by atoms with E-state index < -0.39 is 17.6 Å². The van der Waals surface area contributed by atoms with Crippen LogP contribution in [0.4, 0.5) is 18.9 Å². The number of hydrogen-bond acceptors (Lipinski definition) is 2. The zero-order chi connectivity index (χ0) is 14.1. The van der Waals surface area contributed by atoms with E-state index in [1.807, 2.05) is 0 Å². The van der Waals surface area contributed by atoms with Crippen molar-refractivity contribution in [2.75, 3.05) is 5.32 Å². The van der Waals surface area contributed by atoms with Gasteiger partial charge >= 0.3 is 6.18 Å². The monoisotopic (exact) mass is 324 g/mol. The van der Waals surface area contributed by atoms with Crippen LogP contribution in [0.25, 0.3) is 0 Å². The van der Waals surface area contributed by atoms with Gasteiger partial charge in [0.15, 0.2) is 5.54 Å². The lowest BCUT2D eigenvalue weighted by Gasteiger charge is -2.26. The minimum absolute atomic E-state index is 0.251. The maximum absolute atomic E-state index is 12.6. The van der Waals surface area contributed by atoms with E-state index in [9.17, 15) is 18.0 Å². The van der Waals surface area contributed by atoms with Crippen molar-refractivity contribution in [2.45, 2.75) is 25.6 Å². The number of anilines is 1. The molecule has 0 fully saturated rings. The first-order valence-corrected chi connectivity index (χ1v) is 5.78. The molecule has 0 aliphatic heterocycles. The molecule has 0 heterocycles. The number of aryl methyl sites for hydroxylation is 1. The third-order valence-corrected chi connectivity index (χ3v) is 3.12. The Balaban J connectivity index is 2.98. The molecule has 1 unspecified atom stereocenters. The van der Waals surface area contributed by atoms with E-state index in [-0.39, 0.29) is 5.69 Å². The van der Waals surface area contributed by atoms with Gasteiger partial charge in [0.1, 0.15) is 0 Å². The molecular weight excluding hydrogens is 313 g/mol. The summed E-state index contributed by atoms with van der Waals surface area (Å²) in [6, 6.07) is 4.94. The lowest BCUT2D eigenvalue weighted by Crippen LogP contribution is -2.59. The third kappa shape index (κ3) is 3.02. The molecule has 0 bridgehead atoms. The normalized spacial score (nSPS) is 15.1. The van der Waals surface area contributed by atoms with E-state index in [2.05, 4.69) is 21.2 Å². The Morgan fingerprint density at radius 1 is 1.39 bits per heavy atom. The number of hydrogen-bond donors (Lipinski definition) is 2. The van der Waals surface area contributed by atoms with E-state index in [0.717, 1.165) is 5.56 Å². The Bertz CT molecular complexity index is 472. The minimum Gasteiger partial charge on any atom is -0.323 e. The van der Waals surface area contributed by atoms with Gasteiger partial charge in [-0.05, 0) is 47.5 Å². The van der Waals surface area contributed by atoms with E-state index in [1.54, 1.807) is 25.1 Å². The van der Waals surface area contributed by atoms with Crippen molar-refractivity contribution in [3.8, 4) is 0 Å². The van der Waals surface area contributed by atoms with Crippen molar-refractivity contribution in [2.24, 2.45) is 5.73 Å². The standard InChI is InChI=1S/C11H12BrF3N2O/c1-6-3-4-7(12)8(5-6)17-9(18)10(2,16)11(13,14)15/h3-5H,16H2,1-2H3,(H,17,18). The molecule has 3 N–H and O–H groups in total. The number of rotatable bonds is 2. The van der Waals surface area contributed by atoms with Crippen LogP contribution in [-0.2, 0) is 4.79 Å². The van der Waals surface area contributed by atoms with E-state index >= 15 is 0 Å². The lowest BCUT2D eigenvalue weighted by atomic mass is 10.0. The predicted octanol–water partition coefficient (Wildman–Crippen LogP) is 2.98. The molecule has 0 radical (unpaired) electrons. The molecule has 7 heteroatoms. The van der Waals surface area contributed by atoms with Crippen LogP contribution in [0.15, 0.2) is 22.7 Å². The maximum atomic E-state index is 12.6. The van der Waals surface area contributed by atoms with Crippen molar-refractivity contribution in [1.82, 2.24) is 0 Å². The second kappa shape index (κ2) is 4.89. The molecule has 0 spiro atoms. The van der Waals surface area contributed by atoms with Crippen molar-refractivity contribution in [3.63, 3.8) is 0 Å². The highest BCUT2D eigenvalue weighted by Gasteiger charge is 2.54. The molecule has 1 aromatic rings. The number of alkyl halides is 3. The number of nitrogens with one attached hydrogen (secondary N) is 1. The van der Waals surface area contributed by atoms with Gasteiger partial charge in [-0.3, -0.25) is 4.79 Å². The average molecular weight is 325 g/mol. The molecule has 1 atom stereocenters. The zero-order valence-corrected chi connectivity index (χ0v) is 11.3. The second-order valence-electron chi connectivity index (χ2n) is 4.14. The number of halogens is 4. The molecule has 0 saturated heterocycles. The van der Waals surface area contributed by atoms with Gasteiger partial charge in [0.25, 0.3) is 5.91 Å². The van der Waals surface area contributed by atoms with Crippen LogP contribution in [-0.4, -0.2) is 17.6 Å². The van der Waals surface area contributed by atoms with Gasteiger partial charge in [-0.1, -0.05) is 6.07 Å². The smallest absolute Gasteiger partial charge is 0.323 e. The maximum Gasteiger partial charge on any atom is 0.415 e. The first kappa shape index (κ1) is 15.0. The Morgan fingerprint density at radius 3 is 2.44 bits per heavy atom. The third-order valence-electron chi connectivity index (χ3n) is 2.43. The van der Waals surface area contributed by atoms with Gasteiger partial charge in [-0.25, -0.2) is 0 Å². The second-order valence-corrected chi connectivity index (χ2v) is 4.99. The molecule has 0 saturated carbocycles. The lowest BCUT2D eigenvalue weighted by molar-refractivity contribution is -0.184. The topological polar surface area (TPSA) is 55.1 Å². The summed E-state index contributed by atoms with van der Waals surface area (Å²) in [5, 5.41) is 2.17. The summed E-state index contributed by atoms with van der Waals surface area (Å²) in [4.78, 5) is 11.6. The Hall–Kier alpha value is -1.08. The van der Waals surface area contributed by atoms with E-state index in [1.165, 1.54) is 0 Å². The van der Waals surface area contributed by atoms with Crippen molar-refractivity contribution in [1.29, 1.82) is 0 Å². The van der Waals surface area contributed by atoms with Crippen LogP contribution in [0.1, 0.15) is 12.5 Å². The number of nitrogens with two attached hydrogens (primary N) is 1. The quantitative estimate of drug-likeness (QED) is 0.878. The fourth-order valence-electron chi connectivity index (χ4n) is 1.12. The summed E-state index contributed by atoms with van der Waals surface area (Å²) < 4.78 is 38.2. The molecular formula is C11H12BrF3N2O. The van der Waals surface area contributed by atoms with Crippen molar-refractivity contribution >= 4 is 27.5 Å². The van der Waals surface area contributed by atoms with Crippen molar-refractivity contribution in [3.05, 3.63) is 28.2 Å². The number of carbonyl (C=O) groups excluding carboxylic acids is 1. The van der Waals surface area contributed by atoms with Crippen LogP contribution < -0.4 is 11.1 Å². The molecule has 1 aromatic carbocycles. The molecule has 3 nitrogen and oxygen atoms in total. The number of carbonyl (C=O) groups is 1. The van der Waals surface area contributed by atoms with Gasteiger partial charge in [0.2, 0.25) is 0 Å². The van der Waals surface area contributed by atoms with E-state index in [4.69, 9.17) is 5.73 Å². The first-order chi connectivity index (χ1) is 8.05. The van der Waals surface area contributed by atoms with Gasteiger partial charge in [-0.15, -0.1) is 0 Å². The zero-order valence-electron chi connectivity index (χ0n) is 9.73. The fourth-order valence-corrected chi connectivity index (χ4v) is 1.46. The minimum atomic E-state index is -4.81. The van der Waals surface area contributed by atoms with Gasteiger partial charge in [0.05, 0.1) is 5.69 Å². The van der Waals surface area contributed by atoms with Gasteiger partial charge in [-0.2, -0.15) is 13.2 Å². The molecule has 100 valence electrons. The van der Waals surface area contributed by atoms with Crippen molar-refractivity contribution < 1.29 is 18.0 Å². The molecule has 1 amide bonds. The molecule has 1 rings (SSSR count). The molecule has 0 aromatic heterocycles. The number of benzene rings is 1. The summed E-state index contributed by atoms with van der Waals surface area (Å²) in [6.45, 7) is 2.39. The van der Waals surface area contributed by atoms with Crippen LogP contribution in [0.5, 0.6) is 0 Å². The van der Waals surface area contributed by atoms with Gasteiger partial charge in [0, 0.05) is 4.47 Å². The Labute approximate surface area is 111 Å². The fraction of sp³-hybridized carbons (Fsp3) is 0.364. The summed E-state index contributed by atoms with van der Waals surface area (Å²) in [5.41, 5.74) is 3.14. The Morgan fingerprint density at radius 2 is 1.94 bits per heavy atom. The van der Waals surface area contributed by atoms with Gasteiger partial charge < -0.3 is 11.1 Å². The molecule has 18 heavy (non-hydrogen) atoms. The molecule has 0 aliphatic carbocycles. The highest BCUT2D eigenvalue weighted by molar-refractivity contribution is 9.10. The number of amides is 1. The summed E-state index contributed by atoms with van der Waals surface area (Å²) in [5.74, 6) is -1.30. The summed E-state index contributed by atoms with van der Waals surface area (Å²) >= 11 is 3.14. The SMILES string of the molecule is Cc1ccc(Br)c(NC(=O)C(C)(N)C(F)(F)F)c1. The molecule has 0 aliphatic rings. The van der Waals surface area contributed by atoms with Crippen LogP contribution in [0.2, 0.25) is 0 Å².